The second-order valence-electron chi connectivity index (χ2n) is 7.97. The Morgan fingerprint density at radius 1 is 1.16 bits per heavy atom. The smallest absolute Gasteiger partial charge is 0.331 e. The highest BCUT2D eigenvalue weighted by molar-refractivity contribution is 6.12. The van der Waals surface area contributed by atoms with E-state index in [1.165, 1.54) is 9.80 Å². The second kappa shape index (κ2) is 6.29. The summed E-state index contributed by atoms with van der Waals surface area (Å²) in [5.74, 6) is -3.30. The average molecular weight is 430 g/mol. The zero-order chi connectivity index (χ0) is 22.1. The molecular formula is C18H22N8O5. The molecule has 164 valence electrons. The molecule has 4 aliphatic heterocycles. The number of carbonyl (C=O) groups excluding carboxylic acids is 2. The lowest BCUT2D eigenvalue weighted by Gasteiger charge is -2.48. The number of aliphatic imine (C=N–C) groups is 2. The predicted octanol–water partition coefficient (Wildman–Crippen LogP) is -3.51. The number of benzene rings is 1. The molecule has 0 unspecified atom stereocenters. The van der Waals surface area contributed by atoms with Crippen LogP contribution in [0.4, 0.5) is 10.5 Å². The minimum atomic E-state index is -2.67. The number of nitrogens with one attached hydrogen (secondary N) is 1. The molecule has 0 bridgehead atoms. The van der Waals surface area contributed by atoms with Gasteiger partial charge in [-0.05, 0) is 12.1 Å². The van der Waals surface area contributed by atoms with Crippen molar-refractivity contribution in [1.82, 2.24) is 15.1 Å². The first-order valence-electron chi connectivity index (χ1n) is 9.69. The second-order valence-corrected chi connectivity index (χ2v) is 7.97. The molecule has 4 heterocycles. The Kier molecular flexibility index (Phi) is 3.96. The first-order valence-corrected chi connectivity index (χ1v) is 9.69. The van der Waals surface area contributed by atoms with Gasteiger partial charge in [-0.2, -0.15) is 0 Å². The van der Waals surface area contributed by atoms with Crippen LogP contribution < -0.4 is 21.7 Å². The van der Waals surface area contributed by atoms with Crippen LogP contribution >= 0.6 is 0 Å². The zero-order valence-corrected chi connectivity index (χ0v) is 16.3. The first-order chi connectivity index (χ1) is 14.7. The topological polar surface area (TPSA) is 193 Å². The highest BCUT2D eigenvalue weighted by atomic mass is 16.5. The van der Waals surface area contributed by atoms with Crippen molar-refractivity contribution < 1.29 is 24.9 Å². The minimum absolute atomic E-state index is 0.0957. The van der Waals surface area contributed by atoms with E-state index in [0.717, 1.165) is 4.90 Å². The van der Waals surface area contributed by atoms with Crippen molar-refractivity contribution >= 4 is 29.5 Å². The van der Waals surface area contributed by atoms with Gasteiger partial charge in [-0.3, -0.25) is 14.6 Å². The number of carbonyl (C=O) groups is 2. The van der Waals surface area contributed by atoms with Crippen LogP contribution in [0.3, 0.4) is 0 Å². The normalized spacial score (nSPS) is 33.8. The lowest BCUT2D eigenvalue weighted by molar-refractivity contribution is -0.257. The molecule has 1 aromatic carbocycles. The summed E-state index contributed by atoms with van der Waals surface area (Å²) in [6, 6.07) is 6.28. The number of urea groups is 1. The Morgan fingerprint density at radius 3 is 2.58 bits per heavy atom. The minimum Gasteiger partial charge on any atom is -0.385 e. The standard InChI is InChI=1S/C18H22N8O5/c19-14-22-13-10(21-15(20)26-7-11(27)18(30,31)17(13,26)23-14)6-25-12(28)8-24(16(25)29)9-4-2-1-3-5-9/h1-5,10-11,13,27,30-31H,6-8H2,(H2,20,21)(H3,19,22,23)/t10-,11-,13-,17-/m0/s1. The van der Waals surface area contributed by atoms with Crippen LogP contribution in [0, 0.1) is 0 Å². The molecule has 13 heteroatoms. The maximum absolute atomic E-state index is 13.0. The average Bonchev–Trinajstić information content (AvgIpc) is 3.30. The number of para-hydroxylation sites is 1. The molecule has 4 aliphatic rings. The van der Waals surface area contributed by atoms with Crippen molar-refractivity contribution in [3.8, 4) is 0 Å². The Labute approximate surface area is 176 Å². The van der Waals surface area contributed by atoms with Crippen molar-refractivity contribution in [2.24, 2.45) is 21.5 Å². The molecule has 0 radical (unpaired) electrons. The van der Waals surface area contributed by atoms with E-state index in [9.17, 15) is 24.9 Å². The van der Waals surface area contributed by atoms with E-state index in [2.05, 4.69) is 15.3 Å². The van der Waals surface area contributed by atoms with Crippen LogP contribution in [-0.2, 0) is 4.79 Å². The van der Waals surface area contributed by atoms with Gasteiger partial charge in [0.2, 0.25) is 5.79 Å². The lowest BCUT2D eigenvalue weighted by Crippen LogP contribution is -2.77. The van der Waals surface area contributed by atoms with Gasteiger partial charge in [0.15, 0.2) is 17.6 Å². The van der Waals surface area contributed by atoms with E-state index in [4.69, 9.17) is 11.5 Å². The fourth-order valence-electron chi connectivity index (χ4n) is 4.79. The first kappa shape index (κ1) is 19.5. The Balaban J connectivity index is 1.48. The van der Waals surface area contributed by atoms with E-state index in [1.807, 2.05) is 0 Å². The summed E-state index contributed by atoms with van der Waals surface area (Å²) in [5.41, 5.74) is 10.7. The number of anilines is 1. The van der Waals surface area contributed by atoms with Crippen LogP contribution in [0.5, 0.6) is 0 Å². The highest BCUT2D eigenvalue weighted by Gasteiger charge is 2.73. The monoisotopic (exact) mass is 430 g/mol. The zero-order valence-electron chi connectivity index (χ0n) is 16.3. The SMILES string of the molecule is NC1=N[C@H]2[C@H](CN3C(=O)CN(c4ccccc4)C3=O)N=C(N)N3C[C@H](O)C(O)(O)[C@]23N1. The Morgan fingerprint density at radius 2 is 1.87 bits per heavy atom. The maximum Gasteiger partial charge on any atom is 0.331 e. The van der Waals surface area contributed by atoms with Crippen molar-refractivity contribution in [3.63, 3.8) is 0 Å². The summed E-state index contributed by atoms with van der Waals surface area (Å²) < 4.78 is 0. The molecule has 5 rings (SSSR count). The number of hydrogen-bond donors (Lipinski definition) is 6. The molecule has 1 spiro atoms. The Hall–Kier alpha value is -3.42. The predicted molar refractivity (Wildman–Crippen MR) is 107 cm³/mol. The van der Waals surface area contributed by atoms with Crippen LogP contribution in [0.25, 0.3) is 0 Å². The van der Waals surface area contributed by atoms with Crippen LogP contribution in [-0.4, -0.2) is 98.2 Å². The summed E-state index contributed by atoms with van der Waals surface area (Å²) in [6.45, 7) is -0.555. The largest absolute Gasteiger partial charge is 0.385 e. The van der Waals surface area contributed by atoms with Gasteiger partial charge >= 0.3 is 6.03 Å². The summed E-state index contributed by atoms with van der Waals surface area (Å²) in [5, 5.41) is 34.4. The van der Waals surface area contributed by atoms with Crippen molar-refractivity contribution in [2.45, 2.75) is 29.6 Å². The van der Waals surface area contributed by atoms with Crippen LogP contribution in [0.1, 0.15) is 0 Å². The van der Waals surface area contributed by atoms with Crippen molar-refractivity contribution in [3.05, 3.63) is 30.3 Å². The Bertz CT molecular complexity index is 1010. The third-order valence-corrected chi connectivity index (χ3v) is 6.26. The molecule has 2 fully saturated rings. The number of nitrogens with zero attached hydrogens (tertiary/aromatic N) is 5. The molecule has 0 saturated carbocycles. The lowest BCUT2D eigenvalue weighted by atomic mass is 9.85. The molecular weight excluding hydrogens is 408 g/mol. The molecule has 8 N–H and O–H groups in total. The van der Waals surface area contributed by atoms with Gasteiger partial charge in [0.1, 0.15) is 18.7 Å². The van der Waals surface area contributed by atoms with Gasteiger partial charge in [0.05, 0.1) is 19.1 Å². The maximum atomic E-state index is 13.0. The van der Waals surface area contributed by atoms with E-state index in [1.54, 1.807) is 30.3 Å². The van der Waals surface area contributed by atoms with E-state index < -0.39 is 41.6 Å². The number of aliphatic hydroxyl groups excluding tert-OH is 1. The van der Waals surface area contributed by atoms with Crippen LogP contribution in [0.2, 0.25) is 0 Å². The van der Waals surface area contributed by atoms with Crippen LogP contribution in [0.15, 0.2) is 40.3 Å². The van der Waals surface area contributed by atoms with Crippen molar-refractivity contribution in [2.75, 3.05) is 24.5 Å². The number of rotatable bonds is 3. The van der Waals surface area contributed by atoms with E-state index in [0.29, 0.717) is 5.69 Å². The molecule has 2 saturated heterocycles. The summed E-state index contributed by atoms with van der Waals surface area (Å²) in [4.78, 5) is 37.9. The summed E-state index contributed by atoms with van der Waals surface area (Å²) in [6.07, 6.45) is -1.58. The van der Waals surface area contributed by atoms with Gasteiger partial charge in [-0.15, -0.1) is 0 Å². The van der Waals surface area contributed by atoms with Gasteiger partial charge in [-0.25, -0.2) is 14.8 Å². The molecule has 31 heavy (non-hydrogen) atoms. The van der Waals surface area contributed by atoms with Crippen molar-refractivity contribution in [1.29, 1.82) is 0 Å². The number of aliphatic hydroxyl groups is 3. The molecule has 1 aromatic rings. The molecule has 13 nitrogen and oxygen atoms in total. The van der Waals surface area contributed by atoms with E-state index in [-0.39, 0.29) is 31.6 Å². The van der Waals surface area contributed by atoms with Gasteiger partial charge < -0.3 is 37.0 Å². The number of hydrogen-bond acceptors (Lipinski definition) is 11. The molecule has 4 atom stereocenters. The van der Waals surface area contributed by atoms with E-state index >= 15 is 0 Å². The quantitative estimate of drug-likeness (QED) is 0.208. The molecule has 0 aromatic heterocycles. The summed E-state index contributed by atoms with van der Waals surface area (Å²) in [7, 11) is 0. The third-order valence-electron chi connectivity index (χ3n) is 6.26. The number of amides is 3. The van der Waals surface area contributed by atoms with Gasteiger partial charge in [0.25, 0.3) is 5.91 Å². The van der Waals surface area contributed by atoms with Gasteiger partial charge in [0, 0.05) is 5.69 Å². The summed E-state index contributed by atoms with van der Waals surface area (Å²) >= 11 is 0. The number of nitrogens with two attached hydrogens (primary N) is 2. The third kappa shape index (κ3) is 2.47. The fraction of sp³-hybridized carbons (Fsp3) is 0.444. The molecule has 3 amide bonds. The highest BCUT2D eigenvalue weighted by Crippen LogP contribution is 2.44. The van der Waals surface area contributed by atoms with Gasteiger partial charge in [-0.1, -0.05) is 18.2 Å². The molecule has 0 aliphatic carbocycles. The number of guanidine groups is 2. The number of imide groups is 1. The fourth-order valence-corrected chi connectivity index (χ4v) is 4.79.